The van der Waals surface area contributed by atoms with Crippen molar-refractivity contribution in [2.45, 2.75) is 39.8 Å². The summed E-state index contributed by atoms with van der Waals surface area (Å²) in [5.41, 5.74) is 10.8. The lowest BCUT2D eigenvalue weighted by Gasteiger charge is -2.31. The van der Waals surface area contributed by atoms with E-state index in [1.54, 1.807) is 49.2 Å². The first-order valence-corrected chi connectivity index (χ1v) is 13.1. The Kier molecular flexibility index (Phi) is 6.94. The van der Waals surface area contributed by atoms with E-state index in [4.69, 9.17) is 25.0 Å². The minimum absolute atomic E-state index is 0.144. The van der Waals surface area contributed by atoms with Gasteiger partial charge in [-0.15, -0.1) is 0 Å². The number of carbonyl (C=O) groups is 2. The molecule has 1 aliphatic rings. The van der Waals surface area contributed by atoms with Crippen molar-refractivity contribution in [1.29, 1.82) is 0 Å². The number of aromatic nitrogens is 3. The van der Waals surface area contributed by atoms with Crippen molar-refractivity contribution in [3.8, 4) is 45.3 Å². The molecule has 4 aromatic rings. The van der Waals surface area contributed by atoms with Gasteiger partial charge < -0.3 is 24.8 Å². The van der Waals surface area contributed by atoms with Crippen molar-refractivity contribution in [2.24, 2.45) is 5.73 Å². The molecule has 0 bridgehead atoms. The zero-order chi connectivity index (χ0) is 29.6. The molecule has 0 saturated heterocycles. The highest BCUT2D eigenvalue weighted by Gasteiger charge is 2.34. The molecule has 0 unspecified atom stereocenters. The summed E-state index contributed by atoms with van der Waals surface area (Å²) in [4.78, 5) is 31.6. The van der Waals surface area contributed by atoms with E-state index in [1.165, 1.54) is 6.20 Å². The Hall–Kier alpha value is -4.86. The lowest BCUT2D eigenvalue weighted by atomic mass is 9.95. The van der Waals surface area contributed by atoms with Crippen molar-refractivity contribution >= 4 is 11.8 Å². The number of pyridine rings is 1. The zero-order valence-corrected chi connectivity index (χ0v) is 24.2. The van der Waals surface area contributed by atoms with Gasteiger partial charge in [0.2, 0.25) is 5.91 Å². The summed E-state index contributed by atoms with van der Waals surface area (Å²) in [6, 6.07) is 11.2. The summed E-state index contributed by atoms with van der Waals surface area (Å²) in [5, 5.41) is 4.88. The monoisotopic (exact) mass is 555 g/mol. The van der Waals surface area contributed by atoms with Gasteiger partial charge in [0, 0.05) is 59.4 Å². The zero-order valence-electron chi connectivity index (χ0n) is 24.2. The van der Waals surface area contributed by atoms with Crippen molar-refractivity contribution in [3.63, 3.8) is 0 Å². The van der Waals surface area contributed by atoms with E-state index in [0.717, 1.165) is 11.3 Å². The number of carbonyl (C=O) groups excluding carboxylic acids is 2. The van der Waals surface area contributed by atoms with Crippen LogP contribution in [0.3, 0.4) is 0 Å². The number of fused-ring (bicyclic) bond motifs is 3. The molecule has 10 nitrogen and oxygen atoms in total. The largest absolute Gasteiger partial charge is 0.497 e. The Bertz CT molecular complexity index is 1690. The van der Waals surface area contributed by atoms with E-state index in [2.05, 4.69) is 4.98 Å². The molecule has 3 heterocycles. The maximum Gasteiger partial charge on any atom is 0.274 e. The van der Waals surface area contributed by atoms with Gasteiger partial charge in [-0.1, -0.05) is 0 Å². The van der Waals surface area contributed by atoms with E-state index in [1.807, 2.05) is 52.0 Å². The lowest BCUT2D eigenvalue weighted by Crippen LogP contribution is -2.43. The molecule has 0 aliphatic carbocycles. The van der Waals surface area contributed by atoms with Gasteiger partial charge in [-0.3, -0.25) is 14.6 Å². The second-order valence-corrected chi connectivity index (χ2v) is 11.0. The van der Waals surface area contributed by atoms with Crippen molar-refractivity contribution in [3.05, 3.63) is 71.2 Å². The number of hydrogen-bond acceptors (Lipinski definition) is 7. The molecule has 0 atom stereocenters. The number of nitrogens with two attached hydrogens (primary N) is 1. The molecule has 2 aromatic carbocycles. The van der Waals surface area contributed by atoms with Crippen LogP contribution in [0.25, 0.3) is 28.1 Å². The highest BCUT2D eigenvalue weighted by atomic mass is 16.5. The third kappa shape index (κ3) is 4.97. The number of benzene rings is 2. The minimum Gasteiger partial charge on any atom is -0.497 e. The first-order valence-electron chi connectivity index (χ1n) is 13.1. The fourth-order valence-corrected chi connectivity index (χ4v) is 4.79. The summed E-state index contributed by atoms with van der Waals surface area (Å²) in [6.45, 7) is 8.03. The Morgan fingerprint density at radius 1 is 1.02 bits per heavy atom. The molecule has 0 spiro atoms. The smallest absolute Gasteiger partial charge is 0.274 e. The molecule has 212 valence electrons. The Balaban J connectivity index is 1.80. The van der Waals surface area contributed by atoms with E-state index in [-0.39, 0.29) is 18.1 Å². The molecule has 41 heavy (non-hydrogen) atoms. The summed E-state index contributed by atoms with van der Waals surface area (Å²) in [7, 11) is 4.94. The fraction of sp³-hybridized carbons (Fsp3) is 0.290. The number of nitrogens with zero attached hydrogens (tertiary/aromatic N) is 4. The van der Waals surface area contributed by atoms with Gasteiger partial charge in [-0.05, 0) is 57.5 Å². The summed E-state index contributed by atoms with van der Waals surface area (Å²) >= 11 is 0. The van der Waals surface area contributed by atoms with Crippen LogP contribution in [0.1, 0.15) is 52.7 Å². The number of ether oxygens (including phenoxy) is 3. The van der Waals surface area contributed by atoms with E-state index < -0.39 is 11.4 Å². The van der Waals surface area contributed by atoms with E-state index >= 15 is 0 Å². The van der Waals surface area contributed by atoms with Crippen LogP contribution in [-0.2, 0) is 6.61 Å². The van der Waals surface area contributed by atoms with Crippen molar-refractivity contribution in [1.82, 2.24) is 19.7 Å². The van der Waals surface area contributed by atoms with Gasteiger partial charge in [0.15, 0.2) is 5.69 Å². The number of primary amides is 1. The van der Waals surface area contributed by atoms with Gasteiger partial charge in [0.05, 0.1) is 31.2 Å². The number of amides is 2. The van der Waals surface area contributed by atoms with Crippen LogP contribution in [0.5, 0.6) is 17.2 Å². The predicted molar refractivity (Wildman–Crippen MR) is 155 cm³/mol. The SMILES string of the molecule is COc1cc(C)cc(-n2nc(C(=O)N(C)C(C)(C)C)c3c2-c2cc(-c4cncc(C(N)=O)c4)c(OC)cc2OC3)c1. The normalized spacial score (nSPS) is 12.2. The van der Waals surface area contributed by atoms with Gasteiger partial charge in [0.25, 0.3) is 5.91 Å². The number of aryl methyl sites for hydroxylation is 1. The van der Waals surface area contributed by atoms with Crippen LogP contribution in [0.4, 0.5) is 0 Å². The predicted octanol–water partition coefficient (Wildman–Crippen LogP) is 4.79. The van der Waals surface area contributed by atoms with Gasteiger partial charge in [-0.25, -0.2) is 4.68 Å². The second-order valence-electron chi connectivity index (χ2n) is 11.0. The highest BCUT2D eigenvalue weighted by Crippen LogP contribution is 2.46. The molecule has 1 aliphatic heterocycles. The molecule has 0 fully saturated rings. The summed E-state index contributed by atoms with van der Waals surface area (Å²) in [5.74, 6) is 0.968. The average Bonchev–Trinajstić information content (AvgIpc) is 3.35. The Labute approximate surface area is 238 Å². The van der Waals surface area contributed by atoms with E-state index in [9.17, 15) is 9.59 Å². The molecule has 0 saturated carbocycles. The van der Waals surface area contributed by atoms with Crippen LogP contribution in [-0.4, -0.2) is 58.3 Å². The van der Waals surface area contributed by atoms with Crippen molar-refractivity contribution < 1.29 is 23.8 Å². The lowest BCUT2D eigenvalue weighted by molar-refractivity contribution is 0.0646. The summed E-state index contributed by atoms with van der Waals surface area (Å²) < 4.78 is 19.2. The fourth-order valence-electron chi connectivity index (χ4n) is 4.79. The Morgan fingerprint density at radius 2 is 1.78 bits per heavy atom. The van der Waals surface area contributed by atoms with Crippen LogP contribution in [0.15, 0.2) is 48.8 Å². The third-order valence-electron chi connectivity index (χ3n) is 7.28. The molecule has 2 aromatic heterocycles. The minimum atomic E-state index is -0.584. The van der Waals surface area contributed by atoms with Crippen LogP contribution in [0.2, 0.25) is 0 Å². The van der Waals surface area contributed by atoms with Gasteiger partial charge in [-0.2, -0.15) is 5.10 Å². The molecule has 2 amide bonds. The maximum absolute atomic E-state index is 13.8. The molecule has 5 rings (SSSR count). The first kappa shape index (κ1) is 27.7. The third-order valence-corrected chi connectivity index (χ3v) is 7.28. The molecular weight excluding hydrogens is 522 g/mol. The van der Waals surface area contributed by atoms with E-state index in [0.29, 0.717) is 50.9 Å². The number of methoxy groups -OCH3 is 2. The van der Waals surface area contributed by atoms with Crippen LogP contribution in [0, 0.1) is 6.92 Å². The quantitative estimate of drug-likeness (QED) is 0.363. The molecule has 2 N–H and O–H groups in total. The van der Waals surface area contributed by atoms with Gasteiger partial charge >= 0.3 is 0 Å². The van der Waals surface area contributed by atoms with Crippen molar-refractivity contribution in [2.75, 3.05) is 21.3 Å². The number of hydrogen-bond donors (Lipinski definition) is 1. The number of rotatable bonds is 6. The topological polar surface area (TPSA) is 122 Å². The molecule has 0 radical (unpaired) electrons. The highest BCUT2D eigenvalue weighted by molar-refractivity contribution is 5.98. The molecular formula is C31H33N5O5. The van der Waals surface area contributed by atoms with Crippen LogP contribution < -0.4 is 19.9 Å². The maximum atomic E-state index is 13.8. The second kappa shape index (κ2) is 10.3. The first-order chi connectivity index (χ1) is 19.4. The van der Waals surface area contributed by atoms with Crippen LogP contribution >= 0.6 is 0 Å². The molecule has 10 heteroatoms. The van der Waals surface area contributed by atoms with Gasteiger partial charge in [0.1, 0.15) is 23.9 Å². The standard InChI is InChI=1S/C31H33N5O5/c1-17-8-20(11-21(9-17)39-6)36-28-23-12-22(18-10-19(29(32)37)15-33-14-18)25(40-7)13-26(23)41-16-24(28)27(34-36)30(38)35(5)31(2,3)4/h8-15H,16H2,1-7H3,(H2,32,37). The summed E-state index contributed by atoms with van der Waals surface area (Å²) in [6.07, 6.45) is 3.05. The Morgan fingerprint density at radius 3 is 2.44 bits per heavy atom. The average molecular weight is 556 g/mol.